The zero-order valence-corrected chi connectivity index (χ0v) is 14.3. The van der Waals surface area contributed by atoms with Crippen LogP contribution in [0.3, 0.4) is 0 Å². The maximum absolute atomic E-state index is 12.9. The molecule has 1 saturated heterocycles. The first-order valence-corrected chi connectivity index (χ1v) is 9.11. The first-order valence-electron chi connectivity index (χ1n) is 9.11. The van der Waals surface area contributed by atoms with Gasteiger partial charge in [-0.15, -0.1) is 0 Å². The predicted octanol–water partition coefficient (Wildman–Crippen LogP) is 1.57. The minimum Gasteiger partial charge on any atom is -0.338 e. The van der Waals surface area contributed by atoms with Crippen molar-refractivity contribution < 1.29 is 4.79 Å². The quantitative estimate of drug-likeness (QED) is 0.775. The molecule has 0 bridgehead atoms. The third-order valence-corrected chi connectivity index (χ3v) is 5.39. The van der Waals surface area contributed by atoms with E-state index in [2.05, 4.69) is 15.2 Å². The summed E-state index contributed by atoms with van der Waals surface area (Å²) in [4.78, 5) is 29.8. The van der Waals surface area contributed by atoms with Crippen molar-refractivity contribution in [3.8, 4) is 0 Å². The van der Waals surface area contributed by atoms with Gasteiger partial charge >= 0.3 is 5.69 Å². The maximum Gasteiger partial charge on any atom is 0.343 e. The van der Waals surface area contributed by atoms with E-state index in [1.54, 1.807) is 15.4 Å². The second-order valence-electron chi connectivity index (χ2n) is 7.14. The van der Waals surface area contributed by atoms with E-state index >= 15 is 0 Å². The van der Waals surface area contributed by atoms with Crippen LogP contribution >= 0.6 is 0 Å². The van der Waals surface area contributed by atoms with E-state index in [1.807, 2.05) is 29.3 Å². The summed E-state index contributed by atoms with van der Waals surface area (Å²) in [7, 11) is 0. The van der Waals surface area contributed by atoms with E-state index < -0.39 is 0 Å². The molecule has 2 aliphatic rings. The van der Waals surface area contributed by atoms with E-state index in [4.69, 9.17) is 0 Å². The van der Waals surface area contributed by atoms with Crippen LogP contribution in [0.25, 0.3) is 5.52 Å². The summed E-state index contributed by atoms with van der Waals surface area (Å²) in [6.07, 6.45) is 7.23. The highest BCUT2D eigenvalue weighted by atomic mass is 16.2. The largest absolute Gasteiger partial charge is 0.343 e. The fourth-order valence-corrected chi connectivity index (χ4v) is 3.76. The number of nitrogens with one attached hydrogen (secondary N) is 1. The van der Waals surface area contributed by atoms with Gasteiger partial charge in [0.25, 0.3) is 5.91 Å². The summed E-state index contributed by atoms with van der Waals surface area (Å²) in [5.41, 5.74) is 1.36. The molecule has 1 N–H and O–H groups in total. The van der Waals surface area contributed by atoms with Gasteiger partial charge in [-0.05, 0) is 43.9 Å². The molecule has 1 aliphatic carbocycles. The van der Waals surface area contributed by atoms with Crippen LogP contribution in [0.1, 0.15) is 53.8 Å². The Balaban J connectivity index is 1.32. The average molecular weight is 352 g/mol. The number of carbonyl (C=O) groups is 1. The van der Waals surface area contributed by atoms with Gasteiger partial charge in [0.05, 0.1) is 23.3 Å². The Hall–Kier alpha value is -2.90. The Bertz CT molecular complexity index is 1020. The Labute approximate surface area is 149 Å². The second kappa shape index (κ2) is 5.82. The van der Waals surface area contributed by atoms with Crippen LogP contribution in [0.2, 0.25) is 0 Å². The molecule has 2 fully saturated rings. The lowest BCUT2D eigenvalue weighted by atomic mass is 10.0. The molecule has 8 nitrogen and oxygen atoms in total. The highest BCUT2D eigenvalue weighted by Gasteiger charge is 2.31. The van der Waals surface area contributed by atoms with Crippen LogP contribution in [-0.2, 0) is 0 Å². The molecular formula is C18H20N6O2. The Morgan fingerprint density at radius 1 is 1.15 bits per heavy atom. The van der Waals surface area contributed by atoms with Crippen LogP contribution in [0.4, 0.5) is 0 Å². The van der Waals surface area contributed by atoms with Gasteiger partial charge in [0.1, 0.15) is 5.82 Å². The fourth-order valence-electron chi connectivity index (χ4n) is 3.76. The second-order valence-corrected chi connectivity index (χ2v) is 7.14. The number of fused-ring (bicyclic) bond motifs is 1. The SMILES string of the molecule is O=C(c1cccn2nccc12)N1CCC(n2nc(C3CC3)[nH]c2=O)CC1. The molecule has 0 spiro atoms. The van der Waals surface area contributed by atoms with Gasteiger partial charge < -0.3 is 4.90 Å². The molecule has 26 heavy (non-hydrogen) atoms. The zero-order chi connectivity index (χ0) is 17.7. The van der Waals surface area contributed by atoms with Crippen LogP contribution in [0, 0.1) is 0 Å². The van der Waals surface area contributed by atoms with Gasteiger partial charge in [-0.3, -0.25) is 9.78 Å². The monoisotopic (exact) mass is 352 g/mol. The predicted molar refractivity (Wildman–Crippen MR) is 94.2 cm³/mol. The first kappa shape index (κ1) is 15.4. The number of hydrogen-bond donors (Lipinski definition) is 1. The first-order chi connectivity index (χ1) is 12.7. The third-order valence-electron chi connectivity index (χ3n) is 5.39. The van der Waals surface area contributed by atoms with E-state index in [1.165, 1.54) is 0 Å². The number of likely N-dealkylation sites (tertiary alicyclic amines) is 1. The lowest BCUT2D eigenvalue weighted by Crippen LogP contribution is -2.41. The number of nitrogens with zero attached hydrogens (tertiary/aromatic N) is 5. The molecular weight excluding hydrogens is 332 g/mol. The molecule has 1 aliphatic heterocycles. The van der Waals surface area contributed by atoms with Crippen LogP contribution < -0.4 is 5.69 Å². The number of aromatic nitrogens is 5. The van der Waals surface area contributed by atoms with E-state index in [0.717, 1.165) is 37.0 Å². The summed E-state index contributed by atoms with van der Waals surface area (Å²) >= 11 is 0. The van der Waals surface area contributed by atoms with Crippen molar-refractivity contribution in [2.24, 2.45) is 0 Å². The van der Waals surface area contributed by atoms with Gasteiger partial charge in [0, 0.05) is 25.2 Å². The smallest absolute Gasteiger partial charge is 0.338 e. The maximum atomic E-state index is 12.9. The van der Waals surface area contributed by atoms with Crippen molar-refractivity contribution in [2.75, 3.05) is 13.1 Å². The Kier molecular flexibility index (Phi) is 3.44. The molecule has 8 heteroatoms. The van der Waals surface area contributed by atoms with E-state index in [-0.39, 0.29) is 17.6 Å². The summed E-state index contributed by atoms with van der Waals surface area (Å²) in [6.45, 7) is 1.24. The molecule has 134 valence electrons. The van der Waals surface area contributed by atoms with Crippen molar-refractivity contribution in [1.82, 2.24) is 29.3 Å². The molecule has 1 saturated carbocycles. The average Bonchev–Trinajstić information content (AvgIpc) is 3.27. The molecule has 0 aromatic carbocycles. The normalized spacial score (nSPS) is 18.5. The number of pyridine rings is 1. The third kappa shape index (κ3) is 2.53. The van der Waals surface area contributed by atoms with Gasteiger partial charge in [-0.2, -0.15) is 10.2 Å². The van der Waals surface area contributed by atoms with Gasteiger partial charge in [-0.1, -0.05) is 0 Å². The van der Waals surface area contributed by atoms with Crippen LogP contribution in [0.15, 0.2) is 35.4 Å². The number of amides is 1. The number of piperidine rings is 1. The minimum atomic E-state index is -0.124. The van der Waals surface area contributed by atoms with Crippen LogP contribution in [0.5, 0.6) is 0 Å². The highest BCUT2D eigenvalue weighted by molar-refractivity contribution is 6.00. The van der Waals surface area contributed by atoms with Gasteiger partial charge in [-0.25, -0.2) is 14.0 Å². The van der Waals surface area contributed by atoms with Crippen LogP contribution in [-0.4, -0.2) is 48.3 Å². The molecule has 0 radical (unpaired) electrons. The van der Waals surface area contributed by atoms with Crippen molar-refractivity contribution in [2.45, 2.75) is 37.6 Å². The summed E-state index contributed by atoms with van der Waals surface area (Å²) < 4.78 is 3.30. The lowest BCUT2D eigenvalue weighted by molar-refractivity contribution is 0.0690. The summed E-state index contributed by atoms with van der Waals surface area (Å²) in [5, 5.41) is 8.68. The standard InChI is InChI=1S/C18H20N6O2/c25-17(14-2-1-9-23-15(14)5-8-19-23)22-10-6-13(7-11-22)24-18(26)20-16(21-24)12-3-4-12/h1-2,5,8-9,12-13H,3-4,6-7,10-11H2,(H,20,21,26). The molecule has 1 amide bonds. The van der Waals surface area contributed by atoms with Crippen molar-refractivity contribution in [3.05, 3.63) is 52.5 Å². The minimum absolute atomic E-state index is 0.0163. The Morgan fingerprint density at radius 3 is 2.73 bits per heavy atom. The molecule has 3 aromatic rings. The zero-order valence-electron chi connectivity index (χ0n) is 14.3. The molecule has 3 aromatic heterocycles. The topological polar surface area (TPSA) is 88.3 Å². The fraction of sp³-hybridized carbons (Fsp3) is 0.444. The summed E-state index contributed by atoms with van der Waals surface area (Å²) in [6, 6.07) is 5.58. The lowest BCUT2D eigenvalue weighted by Gasteiger charge is -2.31. The number of hydrogen-bond acceptors (Lipinski definition) is 4. The van der Waals surface area contributed by atoms with Crippen molar-refractivity contribution in [1.29, 1.82) is 0 Å². The van der Waals surface area contributed by atoms with E-state index in [9.17, 15) is 9.59 Å². The molecule has 4 heterocycles. The number of aromatic amines is 1. The number of rotatable bonds is 3. The molecule has 0 atom stereocenters. The van der Waals surface area contributed by atoms with Gasteiger partial charge in [0.2, 0.25) is 0 Å². The number of carbonyl (C=O) groups excluding carboxylic acids is 1. The van der Waals surface area contributed by atoms with Crippen molar-refractivity contribution >= 4 is 11.4 Å². The number of H-pyrrole nitrogens is 1. The summed E-state index contributed by atoms with van der Waals surface area (Å²) in [5.74, 6) is 1.27. The molecule has 5 rings (SSSR count). The highest BCUT2D eigenvalue weighted by Crippen LogP contribution is 2.37. The van der Waals surface area contributed by atoms with Crippen molar-refractivity contribution in [3.63, 3.8) is 0 Å². The van der Waals surface area contributed by atoms with E-state index in [0.29, 0.717) is 24.6 Å². The Morgan fingerprint density at radius 2 is 1.96 bits per heavy atom. The molecule has 0 unspecified atom stereocenters. The van der Waals surface area contributed by atoms with Gasteiger partial charge in [0.15, 0.2) is 0 Å².